The summed E-state index contributed by atoms with van der Waals surface area (Å²) in [7, 11) is 0. The molecule has 0 radical (unpaired) electrons. The summed E-state index contributed by atoms with van der Waals surface area (Å²) in [6.07, 6.45) is 3.41. The maximum atomic E-state index is 11.8. The smallest absolute Gasteiger partial charge is 0.306 e. The van der Waals surface area contributed by atoms with Gasteiger partial charge in [0.25, 0.3) is 0 Å². The third-order valence-electron chi connectivity index (χ3n) is 4.46. The molecule has 0 saturated carbocycles. The standard InChI is InChI=1S/C15H16N6O3/c1-10-9-11-14(21(23)24)12-5-6-13(18-7-3-2-4-8-18)16-19(12)15(11)17-20(10)22/h5-6,9H,2-4,7-8H2,1H3. The maximum absolute atomic E-state index is 11.8. The average molecular weight is 328 g/mol. The minimum absolute atomic E-state index is 0.0705. The Morgan fingerprint density at radius 2 is 2.00 bits per heavy atom. The molecule has 1 fully saturated rings. The van der Waals surface area contributed by atoms with Gasteiger partial charge in [-0.15, -0.1) is 5.10 Å². The number of anilines is 1. The molecule has 9 nitrogen and oxygen atoms in total. The summed E-state index contributed by atoms with van der Waals surface area (Å²) in [5.41, 5.74) is 0.779. The Bertz CT molecular complexity index is 961. The van der Waals surface area contributed by atoms with Crippen LogP contribution in [0, 0.1) is 22.2 Å². The van der Waals surface area contributed by atoms with Gasteiger partial charge in [-0.3, -0.25) is 10.1 Å². The fourth-order valence-electron chi connectivity index (χ4n) is 3.25. The van der Waals surface area contributed by atoms with Crippen molar-refractivity contribution in [2.24, 2.45) is 0 Å². The van der Waals surface area contributed by atoms with Crippen LogP contribution in [0.5, 0.6) is 0 Å². The molecule has 0 aromatic carbocycles. The highest BCUT2D eigenvalue weighted by molar-refractivity contribution is 5.96. The molecule has 4 heterocycles. The van der Waals surface area contributed by atoms with E-state index in [1.54, 1.807) is 19.1 Å². The molecule has 1 saturated heterocycles. The molecule has 1 aliphatic heterocycles. The molecule has 0 N–H and O–H groups in total. The van der Waals surface area contributed by atoms with E-state index in [1.807, 2.05) is 0 Å². The van der Waals surface area contributed by atoms with E-state index in [0.29, 0.717) is 21.4 Å². The number of hydrogen-bond donors (Lipinski definition) is 0. The summed E-state index contributed by atoms with van der Waals surface area (Å²) >= 11 is 0. The largest absolute Gasteiger partial charge is 0.594 e. The van der Waals surface area contributed by atoms with E-state index in [2.05, 4.69) is 15.1 Å². The quantitative estimate of drug-likeness (QED) is 0.307. The lowest BCUT2D eigenvalue weighted by Crippen LogP contribution is -2.34. The summed E-state index contributed by atoms with van der Waals surface area (Å²) < 4.78 is 1.41. The minimum atomic E-state index is -0.448. The number of aryl methyl sites for hydroxylation is 1. The van der Waals surface area contributed by atoms with Crippen molar-refractivity contribution >= 4 is 28.1 Å². The van der Waals surface area contributed by atoms with Gasteiger partial charge >= 0.3 is 5.69 Å². The van der Waals surface area contributed by atoms with Crippen LogP contribution in [-0.2, 0) is 0 Å². The van der Waals surface area contributed by atoms with Gasteiger partial charge in [0.15, 0.2) is 0 Å². The Labute approximate surface area is 136 Å². The van der Waals surface area contributed by atoms with Crippen molar-refractivity contribution in [1.82, 2.24) is 14.7 Å². The Morgan fingerprint density at radius 1 is 1.25 bits per heavy atom. The van der Waals surface area contributed by atoms with Crippen LogP contribution in [0.4, 0.5) is 11.5 Å². The topological polar surface area (TPSA) is 104 Å². The summed E-state index contributed by atoms with van der Waals surface area (Å²) in [6, 6.07) is 4.97. The molecule has 0 aliphatic carbocycles. The van der Waals surface area contributed by atoms with Gasteiger partial charge in [-0.25, -0.2) is 4.52 Å². The van der Waals surface area contributed by atoms with Crippen LogP contribution in [0.15, 0.2) is 18.2 Å². The van der Waals surface area contributed by atoms with Crippen molar-refractivity contribution in [1.29, 1.82) is 0 Å². The number of rotatable bonds is 2. The average Bonchev–Trinajstić information content (AvgIpc) is 2.89. The first-order chi connectivity index (χ1) is 11.6. The predicted octanol–water partition coefficient (Wildman–Crippen LogP) is 1.72. The zero-order valence-corrected chi connectivity index (χ0v) is 13.2. The van der Waals surface area contributed by atoms with Crippen molar-refractivity contribution in [2.75, 3.05) is 18.0 Å². The van der Waals surface area contributed by atoms with Gasteiger partial charge in [0.1, 0.15) is 16.7 Å². The van der Waals surface area contributed by atoms with E-state index >= 15 is 0 Å². The molecule has 3 aromatic heterocycles. The summed E-state index contributed by atoms with van der Waals surface area (Å²) in [4.78, 5) is 13.7. The monoisotopic (exact) mass is 328 g/mol. The highest BCUT2D eigenvalue weighted by Gasteiger charge is 2.27. The van der Waals surface area contributed by atoms with Crippen LogP contribution in [0.1, 0.15) is 25.0 Å². The first kappa shape index (κ1) is 14.6. The second kappa shape index (κ2) is 5.29. The van der Waals surface area contributed by atoms with Gasteiger partial charge in [-0.05, 0) is 31.4 Å². The molecule has 0 bridgehead atoms. The number of piperidine rings is 1. The van der Waals surface area contributed by atoms with Gasteiger partial charge in [0.2, 0.25) is 11.3 Å². The molecular weight excluding hydrogens is 312 g/mol. The second-order valence-corrected chi connectivity index (χ2v) is 6.04. The van der Waals surface area contributed by atoms with Crippen LogP contribution in [0.2, 0.25) is 0 Å². The molecule has 4 rings (SSSR count). The van der Waals surface area contributed by atoms with E-state index in [1.165, 1.54) is 17.0 Å². The van der Waals surface area contributed by atoms with Gasteiger partial charge in [0.05, 0.1) is 4.92 Å². The molecular formula is C15H16N6O3. The van der Waals surface area contributed by atoms with Crippen molar-refractivity contribution < 1.29 is 9.77 Å². The van der Waals surface area contributed by atoms with E-state index in [4.69, 9.17) is 0 Å². The number of hydrogen-bond acceptors (Lipinski definition) is 6. The summed E-state index contributed by atoms with van der Waals surface area (Å²) in [5.74, 6) is 0.744. The highest BCUT2D eigenvalue weighted by Crippen LogP contribution is 2.32. The second-order valence-electron chi connectivity index (χ2n) is 6.04. The lowest BCUT2D eigenvalue weighted by molar-refractivity contribution is -0.673. The van der Waals surface area contributed by atoms with Crippen LogP contribution < -0.4 is 9.75 Å². The van der Waals surface area contributed by atoms with E-state index in [9.17, 15) is 15.3 Å². The normalized spacial score (nSPS) is 15.3. The summed E-state index contributed by atoms with van der Waals surface area (Å²) in [5, 5.41) is 32.1. The van der Waals surface area contributed by atoms with E-state index in [0.717, 1.165) is 31.7 Å². The molecule has 3 aromatic rings. The first-order valence-corrected chi connectivity index (χ1v) is 7.88. The first-order valence-electron chi connectivity index (χ1n) is 7.88. The lowest BCUT2D eigenvalue weighted by atomic mass is 10.1. The fraction of sp³-hybridized carbons (Fsp3) is 0.400. The number of fused-ring (bicyclic) bond motifs is 3. The van der Waals surface area contributed by atoms with E-state index in [-0.39, 0.29) is 11.3 Å². The SMILES string of the molecule is Cc1cc2c([N+](=O)[O-])c3ccc(N4CCCCC4)nn3c2n[n+]1[O-]. The lowest BCUT2D eigenvalue weighted by Gasteiger charge is -2.27. The third-order valence-corrected chi connectivity index (χ3v) is 4.46. The molecule has 1 aliphatic rings. The number of nitrogens with zero attached hydrogens (tertiary/aromatic N) is 6. The van der Waals surface area contributed by atoms with Crippen molar-refractivity contribution in [3.63, 3.8) is 0 Å². The molecule has 0 spiro atoms. The highest BCUT2D eigenvalue weighted by atomic mass is 16.6. The Balaban J connectivity index is 2.00. The zero-order valence-electron chi connectivity index (χ0n) is 13.2. The third kappa shape index (κ3) is 2.12. The molecule has 0 atom stereocenters. The zero-order chi connectivity index (χ0) is 16.8. The van der Waals surface area contributed by atoms with Crippen molar-refractivity contribution in [3.05, 3.63) is 39.2 Å². The summed E-state index contributed by atoms with van der Waals surface area (Å²) in [6.45, 7) is 3.39. The Kier molecular flexibility index (Phi) is 3.22. The van der Waals surface area contributed by atoms with Crippen molar-refractivity contribution in [2.45, 2.75) is 26.2 Å². The fourth-order valence-corrected chi connectivity index (χ4v) is 3.25. The molecule has 9 heteroatoms. The molecule has 0 amide bonds. The van der Waals surface area contributed by atoms with Gasteiger partial charge in [-0.1, -0.05) is 4.85 Å². The minimum Gasteiger partial charge on any atom is -0.594 e. The van der Waals surface area contributed by atoms with Crippen LogP contribution in [0.3, 0.4) is 0 Å². The maximum Gasteiger partial charge on any atom is 0.306 e. The molecule has 124 valence electrons. The van der Waals surface area contributed by atoms with Crippen LogP contribution in [0.25, 0.3) is 16.6 Å². The van der Waals surface area contributed by atoms with Crippen LogP contribution >= 0.6 is 0 Å². The van der Waals surface area contributed by atoms with Gasteiger partial charge < -0.3 is 10.1 Å². The van der Waals surface area contributed by atoms with Gasteiger partial charge in [-0.2, -0.15) is 0 Å². The molecule has 24 heavy (non-hydrogen) atoms. The Morgan fingerprint density at radius 3 is 2.71 bits per heavy atom. The van der Waals surface area contributed by atoms with Gasteiger partial charge in [0, 0.05) is 31.2 Å². The van der Waals surface area contributed by atoms with Crippen molar-refractivity contribution in [3.8, 4) is 0 Å². The number of nitro groups is 1. The van der Waals surface area contributed by atoms with E-state index < -0.39 is 4.92 Å². The van der Waals surface area contributed by atoms with Crippen LogP contribution in [-0.4, -0.2) is 32.7 Å². The Hall–Kier alpha value is -2.97. The number of aromatic nitrogens is 4. The molecule has 0 unspecified atom stereocenters. The predicted molar refractivity (Wildman–Crippen MR) is 86.9 cm³/mol.